The van der Waals surface area contributed by atoms with Gasteiger partial charge in [0.15, 0.2) is 0 Å². The van der Waals surface area contributed by atoms with Gasteiger partial charge >= 0.3 is 0 Å². The standard InChI is InChI=1S/C11H20O2/c12-11(6-5-9-3-4-9)10-2-1-7-13-8-10/h9-12H,1-8H2. The van der Waals surface area contributed by atoms with E-state index in [1.165, 1.54) is 19.3 Å². The topological polar surface area (TPSA) is 29.5 Å². The molecular weight excluding hydrogens is 164 g/mol. The van der Waals surface area contributed by atoms with Gasteiger partial charge in [-0.2, -0.15) is 0 Å². The highest BCUT2D eigenvalue weighted by molar-refractivity contribution is 4.77. The maximum atomic E-state index is 9.87. The third kappa shape index (κ3) is 2.96. The molecule has 1 saturated heterocycles. The van der Waals surface area contributed by atoms with Crippen molar-refractivity contribution in [1.29, 1.82) is 0 Å². The van der Waals surface area contributed by atoms with Crippen LogP contribution < -0.4 is 0 Å². The Labute approximate surface area is 80.3 Å². The molecule has 2 fully saturated rings. The predicted molar refractivity (Wildman–Crippen MR) is 51.5 cm³/mol. The first kappa shape index (κ1) is 9.47. The number of aliphatic hydroxyl groups excluding tert-OH is 1. The molecule has 1 aliphatic carbocycles. The molecule has 2 aliphatic rings. The lowest BCUT2D eigenvalue weighted by atomic mass is 9.92. The zero-order chi connectivity index (χ0) is 9.10. The molecule has 76 valence electrons. The minimum absolute atomic E-state index is 0.0964. The molecule has 0 aromatic rings. The zero-order valence-corrected chi connectivity index (χ0v) is 8.24. The highest BCUT2D eigenvalue weighted by atomic mass is 16.5. The first-order valence-electron chi connectivity index (χ1n) is 5.62. The summed E-state index contributed by atoms with van der Waals surface area (Å²) in [6.07, 6.45) is 7.22. The van der Waals surface area contributed by atoms with Gasteiger partial charge in [0.2, 0.25) is 0 Å². The summed E-state index contributed by atoms with van der Waals surface area (Å²) in [7, 11) is 0. The molecule has 0 amide bonds. The second-order valence-electron chi connectivity index (χ2n) is 4.57. The van der Waals surface area contributed by atoms with Crippen LogP contribution in [0, 0.1) is 11.8 Å². The first-order valence-corrected chi connectivity index (χ1v) is 5.62. The third-order valence-electron chi connectivity index (χ3n) is 3.31. The minimum atomic E-state index is -0.0964. The lowest BCUT2D eigenvalue weighted by molar-refractivity contribution is -0.0129. The van der Waals surface area contributed by atoms with E-state index >= 15 is 0 Å². The SMILES string of the molecule is OC(CCC1CC1)C1CCCOC1. The number of hydrogen-bond acceptors (Lipinski definition) is 2. The molecule has 1 aliphatic heterocycles. The fraction of sp³-hybridized carbons (Fsp3) is 1.00. The van der Waals surface area contributed by atoms with Gasteiger partial charge in [0, 0.05) is 12.5 Å². The zero-order valence-electron chi connectivity index (χ0n) is 8.24. The molecule has 2 nitrogen and oxygen atoms in total. The summed E-state index contributed by atoms with van der Waals surface area (Å²) in [6.45, 7) is 1.68. The van der Waals surface area contributed by atoms with Crippen molar-refractivity contribution in [3.8, 4) is 0 Å². The van der Waals surface area contributed by atoms with Gasteiger partial charge in [0.05, 0.1) is 12.7 Å². The van der Waals surface area contributed by atoms with Crippen molar-refractivity contribution in [2.24, 2.45) is 11.8 Å². The molecule has 2 atom stereocenters. The Morgan fingerprint density at radius 3 is 2.77 bits per heavy atom. The van der Waals surface area contributed by atoms with E-state index in [2.05, 4.69) is 0 Å². The molecule has 0 bridgehead atoms. The third-order valence-corrected chi connectivity index (χ3v) is 3.31. The van der Waals surface area contributed by atoms with Gasteiger partial charge < -0.3 is 9.84 Å². The van der Waals surface area contributed by atoms with Gasteiger partial charge in [0.1, 0.15) is 0 Å². The van der Waals surface area contributed by atoms with Crippen molar-refractivity contribution in [2.45, 2.75) is 44.6 Å². The van der Waals surface area contributed by atoms with Crippen LogP contribution in [-0.4, -0.2) is 24.4 Å². The molecule has 1 heterocycles. The fourth-order valence-electron chi connectivity index (χ4n) is 2.12. The van der Waals surface area contributed by atoms with E-state index in [9.17, 15) is 5.11 Å². The molecule has 0 spiro atoms. The molecule has 1 N–H and O–H groups in total. The maximum absolute atomic E-state index is 9.87. The lowest BCUT2D eigenvalue weighted by Crippen LogP contribution is -2.29. The molecule has 2 rings (SSSR count). The van der Waals surface area contributed by atoms with E-state index < -0.39 is 0 Å². The molecule has 0 aromatic carbocycles. The Hall–Kier alpha value is -0.0800. The van der Waals surface area contributed by atoms with Gasteiger partial charge in [-0.25, -0.2) is 0 Å². The van der Waals surface area contributed by atoms with Crippen molar-refractivity contribution in [3.63, 3.8) is 0 Å². The van der Waals surface area contributed by atoms with E-state index in [1.807, 2.05) is 0 Å². The molecule has 13 heavy (non-hydrogen) atoms. The smallest absolute Gasteiger partial charge is 0.0590 e. The van der Waals surface area contributed by atoms with Gasteiger partial charge in [-0.05, 0) is 31.6 Å². The Balaban J connectivity index is 1.64. The summed E-state index contributed by atoms with van der Waals surface area (Å²) in [6, 6.07) is 0. The van der Waals surface area contributed by atoms with E-state index in [4.69, 9.17) is 4.74 Å². The van der Waals surface area contributed by atoms with Crippen LogP contribution in [0.2, 0.25) is 0 Å². The van der Waals surface area contributed by atoms with Crippen LogP contribution in [0.5, 0.6) is 0 Å². The maximum Gasteiger partial charge on any atom is 0.0590 e. The van der Waals surface area contributed by atoms with E-state index in [0.717, 1.165) is 38.4 Å². The van der Waals surface area contributed by atoms with Gasteiger partial charge in [-0.15, -0.1) is 0 Å². The molecule has 2 heteroatoms. The summed E-state index contributed by atoms with van der Waals surface area (Å²) in [5, 5.41) is 9.87. The molecule has 0 radical (unpaired) electrons. The highest BCUT2D eigenvalue weighted by Gasteiger charge is 2.26. The van der Waals surface area contributed by atoms with Gasteiger partial charge in [0.25, 0.3) is 0 Å². The van der Waals surface area contributed by atoms with Crippen molar-refractivity contribution in [3.05, 3.63) is 0 Å². The van der Waals surface area contributed by atoms with Crippen LogP contribution in [0.25, 0.3) is 0 Å². The normalized spacial score (nSPS) is 31.6. The Morgan fingerprint density at radius 1 is 1.31 bits per heavy atom. The summed E-state index contributed by atoms with van der Waals surface area (Å²) in [5.74, 6) is 1.37. The lowest BCUT2D eigenvalue weighted by Gasteiger charge is -2.26. The second-order valence-corrected chi connectivity index (χ2v) is 4.57. The molecule has 2 unspecified atom stereocenters. The van der Waals surface area contributed by atoms with Crippen LogP contribution in [0.3, 0.4) is 0 Å². The number of hydrogen-bond donors (Lipinski definition) is 1. The summed E-state index contributed by atoms with van der Waals surface area (Å²) >= 11 is 0. The molecule has 0 aromatic heterocycles. The van der Waals surface area contributed by atoms with Crippen LogP contribution in [0.15, 0.2) is 0 Å². The summed E-state index contributed by atoms with van der Waals surface area (Å²) in [5.41, 5.74) is 0. The highest BCUT2D eigenvalue weighted by Crippen LogP contribution is 2.35. The van der Waals surface area contributed by atoms with Crippen molar-refractivity contribution < 1.29 is 9.84 Å². The quantitative estimate of drug-likeness (QED) is 0.723. The van der Waals surface area contributed by atoms with Crippen molar-refractivity contribution >= 4 is 0 Å². The van der Waals surface area contributed by atoms with Crippen LogP contribution in [0.4, 0.5) is 0 Å². The number of aliphatic hydroxyl groups is 1. The first-order chi connectivity index (χ1) is 6.36. The fourth-order valence-corrected chi connectivity index (χ4v) is 2.12. The van der Waals surface area contributed by atoms with E-state index in [-0.39, 0.29) is 6.10 Å². The van der Waals surface area contributed by atoms with E-state index in [1.54, 1.807) is 0 Å². The van der Waals surface area contributed by atoms with Crippen molar-refractivity contribution in [1.82, 2.24) is 0 Å². The average molecular weight is 184 g/mol. The Kier molecular flexibility index (Phi) is 3.23. The van der Waals surface area contributed by atoms with Crippen LogP contribution >= 0.6 is 0 Å². The van der Waals surface area contributed by atoms with Gasteiger partial charge in [-0.1, -0.05) is 12.8 Å². The van der Waals surface area contributed by atoms with Crippen molar-refractivity contribution in [2.75, 3.05) is 13.2 Å². The van der Waals surface area contributed by atoms with Gasteiger partial charge in [-0.3, -0.25) is 0 Å². The number of ether oxygens (including phenoxy) is 1. The molecule has 1 saturated carbocycles. The average Bonchev–Trinajstić information content (AvgIpc) is 2.99. The summed E-state index contributed by atoms with van der Waals surface area (Å²) in [4.78, 5) is 0. The van der Waals surface area contributed by atoms with Crippen LogP contribution in [0.1, 0.15) is 38.5 Å². The predicted octanol–water partition coefficient (Wildman–Crippen LogP) is 1.96. The monoisotopic (exact) mass is 184 g/mol. The van der Waals surface area contributed by atoms with Crippen LogP contribution in [-0.2, 0) is 4.74 Å². The second kappa shape index (κ2) is 4.43. The Bertz CT molecular complexity index is 148. The van der Waals surface area contributed by atoms with E-state index in [0.29, 0.717) is 5.92 Å². The minimum Gasteiger partial charge on any atom is -0.393 e. The Morgan fingerprint density at radius 2 is 2.15 bits per heavy atom. The molecular formula is C11H20O2. The summed E-state index contributed by atoms with van der Waals surface area (Å²) < 4.78 is 5.37. The number of rotatable bonds is 4. The largest absolute Gasteiger partial charge is 0.393 e.